The normalized spacial score (nSPS) is 16.3. The Balaban J connectivity index is 2.05. The molecule has 4 nitrogen and oxygen atoms in total. The molecule has 0 atom stereocenters. The lowest BCUT2D eigenvalue weighted by Crippen LogP contribution is -2.05. The van der Waals surface area contributed by atoms with Gasteiger partial charge in [0.1, 0.15) is 6.61 Å². The zero-order valence-electron chi connectivity index (χ0n) is 13.6. The first-order valence-electron chi connectivity index (χ1n) is 7.62. The van der Waals surface area contributed by atoms with Crippen molar-refractivity contribution in [3.8, 4) is 11.5 Å². The van der Waals surface area contributed by atoms with Crippen molar-refractivity contribution in [2.75, 3.05) is 27.4 Å². The van der Waals surface area contributed by atoms with Crippen LogP contribution in [0.15, 0.2) is 48.1 Å². The van der Waals surface area contributed by atoms with E-state index in [-0.39, 0.29) is 5.78 Å². The zero-order valence-corrected chi connectivity index (χ0v) is 13.6. The standard InChI is InChI=1S/C19H22O4/c1-21-12-13-23-18-11-10-15(14-19(18)22-2)6-5-8-16-7-3-4-9-17(16)20/h4-6,8-11,14H,3,7,12-13H2,1-2H3/b6-5+,16-8+. The minimum atomic E-state index is 0.0976. The monoisotopic (exact) mass is 314 g/mol. The molecule has 122 valence electrons. The molecule has 23 heavy (non-hydrogen) atoms. The van der Waals surface area contributed by atoms with Gasteiger partial charge in [-0.15, -0.1) is 0 Å². The summed E-state index contributed by atoms with van der Waals surface area (Å²) in [6.45, 7) is 1.00. The van der Waals surface area contributed by atoms with Crippen LogP contribution in [0.3, 0.4) is 0 Å². The third-order valence-corrected chi connectivity index (χ3v) is 3.48. The first kappa shape index (κ1) is 17.0. The van der Waals surface area contributed by atoms with Crippen molar-refractivity contribution >= 4 is 11.9 Å². The average Bonchev–Trinajstić information content (AvgIpc) is 2.57. The summed E-state index contributed by atoms with van der Waals surface area (Å²) in [5, 5.41) is 0. The van der Waals surface area contributed by atoms with Crippen LogP contribution in [0, 0.1) is 0 Å². The molecule has 0 aromatic heterocycles. The Morgan fingerprint density at radius 1 is 1.17 bits per heavy atom. The predicted molar refractivity (Wildman–Crippen MR) is 90.9 cm³/mol. The molecule has 0 bridgehead atoms. The first-order valence-corrected chi connectivity index (χ1v) is 7.62. The van der Waals surface area contributed by atoms with Crippen LogP contribution in [-0.4, -0.2) is 33.2 Å². The van der Waals surface area contributed by atoms with Crippen molar-refractivity contribution in [1.82, 2.24) is 0 Å². The maximum atomic E-state index is 11.7. The summed E-state index contributed by atoms with van der Waals surface area (Å²) in [5.74, 6) is 1.46. The minimum absolute atomic E-state index is 0.0976. The summed E-state index contributed by atoms with van der Waals surface area (Å²) < 4.78 is 15.9. The maximum absolute atomic E-state index is 11.7. The summed E-state index contributed by atoms with van der Waals surface area (Å²) in [4.78, 5) is 11.7. The molecule has 1 aromatic carbocycles. The molecular formula is C19H22O4. The number of benzene rings is 1. The number of hydrogen-bond acceptors (Lipinski definition) is 4. The van der Waals surface area contributed by atoms with Crippen LogP contribution < -0.4 is 9.47 Å². The zero-order chi connectivity index (χ0) is 16.5. The van der Waals surface area contributed by atoms with Crippen LogP contribution in [0.2, 0.25) is 0 Å². The Kier molecular flexibility index (Phi) is 6.63. The van der Waals surface area contributed by atoms with Crippen LogP contribution in [0.5, 0.6) is 11.5 Å². The number of carbonyl (C=O) groups excluding carboxylic acids is 1. The number of carbonyl (C=O) groups is 1. The van der Waals surface area contributed by atoms with E-state index in [4.69, 9.17) is 14.2 Å². The predicted octanol–water partition coefficient (Wildman–Crippen LogP) is 3.58. The van der Waals surface area contributed by atoms with Gasteiger partial charge in [-0.2, -0.15) is 0 Å². The molecule has 4 heteroatoms. The molecule has 0 spiro atoms. The van der Waals surface area contributed by atoms with Gasteiger partial charge in [0.2, 0.25) is 0 Å². The molecular weight excluding hydrogens is 292 g/mol. The molecule has 0 saturated carbocycles. The second kappa shape index (κ2) is 8.96. The van der Waals surface area contributed by atoms with E-state index in [1.54, 1.807) is 20.3 Å². The summed E-state index contributed by atoms with van der Waals surface area (Å²) in [6, 6.07) is 5.72. The van der Waals surface area contributed by atoms with Crippen LogP contribution in [0.25, 0.3) is 6.08 Å². The molecule has 2 rings (SSSR count). The van der Waals surface area contributed by atoms with Crippen LogP contribution in [-0.2, 0) is 9.53 Å². The molecule has 0 N–H and O–H groups in total. The Morgan fingerprint density at radius 3 is 2.78 bits per heavy atom. The van der Waals surface area contributed by atoms with Gasteiger partial charge >= 0.3 is 0 Å². The van der Waals surface area contributed by atoms with Crippen molar-refractivity contribution in [2.24, 2.45) is 0 Å². The van der Waals surface area contributed by atoms with Gasteiger partial charge < -0.3 is 14.2 Å². The highest BCUT2D eigenvalue weighted by molar-refractivity contribution is 6.04. The Labute approximate surface area is 137 Å². The van der Waals surface area contributed by atoms with Crippen LogP contribution >= 0.6 is 0 Å². The van der Waals surface area contributed by atoms with Crippen molar-refractivity contribution in [3.63, 3.8) is 0 Å². The molecule has 1 aromatic rings. The summed E-state index contributed by atoms with van der Waals surface area (Å²) in [6.07, 6.45) is 11.0. The van der Waals surface area contributed by atoms with Gasteiger partial charge in [-0.3, -0.25) is 4.79 Å². The van der Waals surface area contributed by atoms with Crippen LogP contribution in [0.4, 0.5) is 0 Å². The van der Waals surface area contributed by atoms with Gasteiger partial charge in [-0.1, -0.05) is 30.4 Å². The van der Waals surface area contributed by atoms with E-state index in [0.29, 0.717) is 24.7 Å². The lowest BCUT2D eigenvalue weighted by atomic mass is 9.99. The molecule has 0 saturated heterocycles. The number of ketones is 1. The average molecular weight is 314 g/mol. The third-order valence-electron chi connectivity index (χ3n) is 3.48. The number of rotatable bonds is 7. The third kappa shape index (κ3) is 5.11. The van der Waals surface area contributed by atoms with Gasteiger partial charge in [0.25, 0.3) is 0 Å². The smallest absolute Gasteiger partial charge is 0.181 e. The summed E-state index contributed by atoms with van der Waals surface area (Å²) in [5.41, 5.74) is 1.83. The molecule has 1 aliphatic carbocycles. The van der Waals surface area contributed by atoms with Crippen LogP contribution in [0.1, 0.15) is 18.4 Å². The highest BCUT2D eigenvalue weighted by atomic mass is 16.5. The highest BCUT2D eigenvalue weighted by Crippen LogP contribution is 2.28. The van der Waals surface area contributed by atoms with Gasteiger partial charge in [0, 0.05) is 7.11 Å². The lowest BCUT2D eigenvalue weighted by Gasteiger charge is -2.10. The van der Waals surface area contributed by atoms with Gasteiger partial charge in [-0.05, 0) is 42.2 Å². The van der Waals surface area contributed by atoms with E-state index in [1.165, 1.54) is 0 Å². The first-order chi connectivity index (χ1) is 11.2. The lowest BCUT2D eigenvalue weighted by molar-refractivity contribution is -0.111. The SMILES string of the molecule is COCCOc1ccc(/C=C/C=C2\CCC=CC2=O)cc1OC. The van der Waals surface area contributed by atoms with Gasteiger partial charge in [-0.25, -0.2) is 0 Å². The summed E-state index contributed by atoms with van der Waals surface area (Å²) in [7, 11) is 3.25. The number of hydrogen-bond donors (Lipinski definition) is 0. The van der Waals surface area contributed by atoms with E-state index in [0.717, 1.165) is 24.0 Å². The molecule has 0 fully saturated rings. The van der Waals surface area contributed by atoms with E-state index in [9.17, 15) is 4.79 Å². The van der Waals surface area contributed by atoms with E-state index in [2.05, 4.69) is 0 Å². The second-order valence-corrected chi connectivity index (χ2v) is 5.11. The molecule has 0 radical (unpaired) electrons. The Bertz CT molecular complexity index is 626. The molecule has 1 aliphatic rings. The number of allylic oxidation sites excluding steroid dienone is 5. The maximum Gasteiger partial charge on any atom is 0.181 e. The molecule has 0 unspecified atom stereocenters. The molecule has 0 aliphatic heterocycles. The van der Waals surface area contributed by atoms with E-state index >= 15 is 0 Å². The molecule has 0 heterocycles. The summed E-state index contributed by atoms with van der Waals surface area (Å²) >= 11 is 0. The van der Waals surface area contributed by atoms with Crippen molar-refractivity contribution < 1.29 is 19.0 Å². The highest BCUT2D eigenvalue weighted by Gasteiger charge is 2.08. The molecule has 0 amide bonds. The van der Waals surface area contributed by atoms with E-state index < -0.39 is 0 Å². The Morgan fingerprint density at radius 2 is 2.04 bits per heavy atom. The largest absolute Gasteiger partial charge is 0.493 e. The van der Waals surface area contributed by atoms with E-state index in [1.807, 2.05) is 42.5 Å². The van der Waals surface area contributed by atoms with Gasteiger partial charge in [0.15, 0.2) is 17.3 Å². The quantitative estimate of drug-likeness (QED) is 0.570. The fourth-order valence-corrected chi connectivity index (χ4v) is 2.24. The topological polar surface area (TPSA) is 44.8 Å². The fourth-order valence-electron chi connectivity index (χ4n) is 2.24. The minimum Gasteiger partial charge on any atom is -0.493 e. The fraction of sp³-hybridized carbons (Fsp3) is 0.316. The van der Waals surface area contributed by atoms with Crippen molar-refractivity contribution in [2.45, 2.75) is 12.8 Å². The van der Waals surface area contributed by atoms with Crippen molar-refractivity contribution in [3.05, 3.63) is 53.6 Å². The Hall–Kier alpha value is -2.33. The number of methoxy groups -OCH3 is 2. The van der Waals surface area contributed by atoms with Crippen molar-refractivity contribution in [1.29, 1.82) is 0 Å². The number of ether oxygens (including phenoxy) is 3. The van der Waals surface area contributed by atoms with Gasteiger partial charge in [0.05, 0.1) is 13.7 Å². The second-order valence-electron chi connectivity index (χ2n) is 5.11.